The average Bonchev–Trinajstić information content (AvgIpc) is 2.66. The number of hydrogen-bond acceptors (Lipinski definition) is 5. The number of carbonyl (C=O) groups excluding carboxylic acids is 1. The molecule has 0 bridgehead atoms. The molecular weight excluding hydrogens is 334 g/mol. The summed E-state index contributed by atoms with van der Waals surface area (Å²) in [6.45, 7) is -0.0548. The van der Waals surface area contributed by atoms with Crippen molar-refractivity contribution in [2.75, 3.05) is 24.3 Å². The molecule has 0 atom stereocenters. The molecule has 0 aliphatic rings. The van der Waals surface area contributed by atoms with Gasteiger partial charge in [0.05, 0.1) is 24.3 Å². The molecule has 26 heavy (non-hydrogen) atoms. The summed E-state index contributed by atoms with van der Waals surface area (Å²) in [5.41, 5.74) is 1.01. The number of rotatable bonds is 6. The molecule has 0 heterocycles. The summed E-state index contributed by atoms with van der Waals surface area (Å²) in [6.07, 6.45) is 0. The summed E-state index contributed by atoms with van der Waals surface area (Å²) in [5, 5.41) is 18.6. The minimum Gasteiger partial charge on any atom is -0.495 e. The second-order valence-electron chi connectivity index (χ2n) is 5.57. The number of hydrogen-bond donors (Lipinski definition) is 2. The van der Waals surface area contributed by atoms with Gasteiger partial charge in [0.25, 0.3) is 5.69 Å². The third kappa shape index (κ3) is 3.72. The van der Waals surface area contributed by atoms with Crippen molar-refractivity contribution in [3.63, 3.8) is 0 Å². The van der Waals surface area contributed by atoms with Gasteiger partial charge in [-0.15, -0.1) is 0 Å². The van der Waals surface area contributed by atoms with Crippen LogP contribution in [0.1, 0.15) is 0 Å². The van der Waals surface area contributed by atoms with Crippen LogP contribution in [0.5, 0.6) is 5.75 Å². The van der Waals surface area contributed by atoms with Gasteiger partial charge in [0.1, 0.15) is 5.75 Å². The van der Waals surface area contributed by atoms with Crippen LogP contribution in [0.4, 0.5) is 17.1 Å². The van der Waals surface area contributed by atoms with Crippen molar-refractivity contribution in [1.29, 1.82) is 0 Å². The quantitative estimate of drug-likeness (QED) is 0.520. The number of fused-ring (bicyclic) bond motifs is 1. The van der Waals surface area contributed by atoms with Crippen LogP contribution < -0.4 is 15.4 Å². The number of methoxy groups -OCH3 is 1. The maximum Gasteiger partial charge on any atom is 0.271 e. The number of ether oxygens (including phenoxy) is 1. The Morgan fingerprint density at radius 2 is 1.85 bits per heavy atom. The summed E-state index contributed by atoms with van der Waals surface area (Å²) >= 11 is 0. The highest BCUT2D eigenvalue weighted by Crippen LogP contribution is 2.29. The molecule has 0 aliphatic heterocycles. The van der Waals surface area contributed by atoms with Gasteiger partial charge in [-0.05, 0) is 17.5 Å². The molecule has 0 spiro atoms. The van der Waals surface area contributed by atoms with Crippen LogP contribution in [0.25, 0.3) is 10.8 Å². The number of amides is 1. The largest absolute Gasteiger partial charge is 0.495 e. The number of non-ortho nitro benzene ring substituents is 1. The second-order valence-corrected chi connectivity index (χ2v) is 5.57. The van der Waals surface area contributed by atoms with E-state index in [1.807, 2.05) is 42.5 Å². The molecule has 0 aliphatic carbocycles. The average molecular weight is 351 g/mol. The van der Waals surface area contributed by atoms with Crippen LogP contribution in [0, 0.1) is 10.1 Å². The molecule has 0 radical (unpaired) electrons. The highest BCUT2D eigenvalue weighted by Gasteiger charge is 2.12. The van der Waals surface area contributed by atoms with Crippen molar-refractivity contribution in [3.8, 4) is 5.75 Å². The fraction of sp³-hybridized carbons (Fsp3) is 0.105. The van der Waals surface area contributed by atoms with Gasteiger partial charge in [-0.3, -0.25) is 14.9 Å². The standard InChI is InChI=1S/C19H17N3O4/c1-26-18-10-9-14(22(24)25)11-17(18)20-12-19(23)21-16-8-4-6-13-5-2-3-7-15(13)16/h2-11,20H,12H2,1H3,(H,21,23). The van der Waals surface area contributed by atoms with E-state index >= 15 is 0 Å². The first-order valence-corrected chi connectivity index (χ1v) is 7.92. The number of nitrogens with one attached hydrogen (secondary N) is 2. The van der Waals surface area contributed by atoms with E-state index in [4.69, 9.17) is 4.74 Å². The normalized spacial score (nSPS) is 10.3. The summed E-state index contributed by atoms with van der Waals surface area (Å²) in [4.78, 5) is 22.7. The van der Waals surface area contributed by atoms with Gasteiger partial charge < -0.3 is 15.4 Å². The molecule has 2 N–H and O–H groups in total. The molecule has 3 aromatic rings. The summed E-state index contributed by atoms with van der Waals surface area (Å²) in [5.74, 6) is 0.156. The molecule has 0 unspecified atom stereocenters. The molecule has 1 amide bonds. The number of nitrogens with zero attached hydrogens (tertiary/aromatic N) is 1. The predicted molar refractivity (Wildman–Crippen MR) is 101 cm³/mol. The Kier molecular flexibility index (Phi) is 4.98. The zero-order chi connectivity index (χ0) is 18.5. The minimum atomic E-state index is -0.499. The van der Waals surface area contributed by atoms with Crippen molar-refractivity contribution in [3.05, 3.63) is 70.8 Å². The lowest BCUT2D eigenvalue weighted by molar-refractivity contribution is -0.384. The molecule has 0 saturated carbocycles. The summed E-state index contributed by atoms with van der Waals surface area (Å²) in [6, 6.07) is 17.6. The summed E-state index contributed by atoms with van der Waals surface area (Å²) in [7, 11) is 1.46. The van der Waals surface area contributed by atoms with Gasteiger partial charge in [0.15, 0.2) is 0 Å². The monoisotopic (exact) mass is 351 g/mol. The predicted octanol–water partition coefficient (Wildman–Crippen LogP) is 3.81. The highest BCUT2D eigenvalue weighted by molar-refractivity contribution is 6.03. The van der Waals surface area contributed by atoms with Crippen molar-refractivity contribution >= 4 is 33.7 Å². The SMILES string of the molecule is COc1ccc([N+](=O)[O-])cc1NCC(=O)Nc1cccc2ccccc12. The van der Waals surface area contributed by atoms with Crippen molar-refractivity contribution < 1.29 is 14.5 Å². The van der Waals surface area contributed by atoms with Crippen LogP contribution in [-0.4, -0.2) is 24.5 Å². The van der Waals surface area contributed by atoms with E-state index in [0.29, 0.717) is 17.1 Å². The molecule has 0 fully saturated rings. The minimum absolute atomic E-state index is 0.0548. The molecule has 0 saturated heterocycles. The Morgan fingerprint density at radius 1 is 1.08 bits per heavy atom. The van der Waals surface area contributed by atoms with E-state index in [2.05, 4.69) is 10.6 Å². The van der Waals surface area contributed by atoms with Gasteiger partial charge in [-0.2, -0.15) is 0 Å². The lowest BCUT2D eigenvalue weighted by atomic mass is 10.1. The first-order valence-electron chi connectivity index (χ1n) is 7.92. The summed E-state index contributed by atoms with van der Waals surface area (Å²) < 4.78 is 5.17. The van der Waals surface area contributed by atoms with Gasteiger partial charge in [-0.1, -0.05) is 36.4 Å². The Bertz CT molecular complexity index is 967. The molecule has 3 rings (SSSR count). The van der Waals surface area contributed by atoms with E-state index in [-0.39, 0.29) is 18.1 Å². The van der Waals surface area contributed by atoms with Crippen molar-refractivity contribution in [1.82, 2.24) is 0 Å². The van der Waals surface area contributed by atoms with Gasteiger partial charge in [0, 0.05) is 23.2 Å². The van der Waals surface area contributed by atoms with Crippen LogP contribution >= 0.6 is 0 Å². The van der Waals surface area contributed by atoms with Gasteiger partial charge >= 0.3 is 0 Å². The Morgan fingerprint density at radius 3 is 2.62 bits per heavy atom. The van der Waals surface area contributed by atoms with E-state index in [1.165, 1.54) is 25.3 Å². The van der Waals surface area contributed by atoms with Gasteiger partial charge in [0.2, 0.25) is 5.91 Å². The maximum absolute atomic E-state index is 12.3. The topological polar surface area (TPSA) is 93.5 Å². The molecule has 0 aromatic heterocycles. The van der Waals surface area contributed by atoms with E-state index in [0.717, 1.165) is 10.8 Å². The van der Waals surface area contributed by atoms with E-state index in [1.54, 1.807) is 0 Å². The van der Waals surface area contributed by atoms with Crippen LogP contribution in [0.3, 0.4) is 0 Å². The lowest BCUT2D eigenvalue weighted by Gasteiger charge is -2.12. The van der Waals surface area contributed by atoms with Crippen LogP contribution in [-0.2, 0) is 4.79 Å². The lowest BCUT2D eigenvalue weighted by Crippen LogP contribution is -2.22. The first kappa shape index (κ1) is 17.2. The van der Waals surface area contributed by atoms with E-state index in [9.17, 15) is 14.9 Å². The van der Waals surface area contributed by atoms with Gasteiger partial charge in [-0.25, -0.2) is 0 Å². The smallest absolute Gasteiger partial charge is 0.271 e. The zero-order valence-corrected chi connectivity index (χ0v) is 14.1. The molecule has 7 heteroatoms. The fourth-order valence-electron chi connectivity index (χ4n) is 2.65. The Balaban J connectivity index is 1.73. The number of benzene rings is 3. The van der Waals surface area contributed by atoms with Crippen molar-refractivity contribution in [2.24, 2.45) is 0 Å². The number of nitro benzene ring substituents is 1. The first-order chi connectivity index (χ1) is 12.6. The third-order valence-electron chi connectivity index (χ3n) is 3.90. The third-order valence-corrected chi connectivity index (χ3v) is 3.90. The zero-order valence-electron chi connectivity index (χ0n) is 14.1. The second kappa shape index (κ2) is 7.52. The maximum atomic E-state index is 12.3. The molecule has 132 valence electrons. The van der Waals surface area contributed by atoms with Crippen LogP contribution in [0.2, 0.25) is 0 Å². The Labute approximate surface area is 149 Å². The fourth-order valence-corrected chi connectivity index (χ4v) is 2.65. The molecular formula is C19H17N3O4. The highest BCUT2D eigenvalue weighted by atomic mass is 16.6. The molecule has 7 nitrogen and oxygen atoms in total. The van der Waals surface area contributed by atoms with E-state index < -0.39 is 4.92 Å². The van der Waals surface area contributed by atoms with Crippen molar-refractivity contribution in [2.45, 2.75) is 0 Å². The number of anilines is 2. The molecule has 3 aromatic carbocycles. The number of nitro groups is 1. The van der Waals surface area contributed by atoms with Crippen LogP contribution in [0.15, 0.2) is 60.7 Å². The Hall–Kier alpha value is -3.61. The number of carbonyl (C=O) groups is 1.